The summed E-state index contributed by atoms with van der Waals surface area (Å²) in [5.74, 6) is 0. The Balaban J connectivity index is 2.62. The van der Waals surface area contributed by atoms with Gasteiger partial charge in [-0.05, 0) is 12.2 Å². The van der Waals surface area contributed by atoms with E-state index in [9.17, 15) is 0 Å². The lowest BCUT2D eigenvalue weighted by Crippen LogP contribution is -2.11. The summed E-state index contributed by atoms with van der Waals surface area (Å²) >= 11 is 4.34. The highest BCUT2D eigenvalue weighted by Gasteiger charge is 2.01. The predicted molar refractivity (Wildman–Crippen MR) is 21.1 cm³/mol. The van der Waals surface area contributed by atoms with E-state index in [4.69, 9.17) is 5.73 Å². The van der Waals surface area contributed by atoms with Crippen LogP contribution >= 0.6 is 12.2 Å². The van der Waals surface area contributed by atoms with E-state index in [2.05, 4.69) is 21.6 Å². The molecule has 0 aliphatic heterocycles. The van der Waals surface area contributed by atoms with Gasteiger partial charge in [-0.15, -0.1) is 9.36 Å². The minimum atomic E-state index is 0.0926. The first-order valence-corrected chi connectivity index (χ1v) is 1.66. The number of aromatic nitrogens is 1. The molecule has 0 atom stereocenters. The van der Waals surface area contributed by atoms with Gasteiger partial charge in [0, 0.05) is 0 Å². The zero-order chi connectivity index (χ0) is 4.57. The van der Waals surface area contributed by atoms with E-state index in [0.717, 1.165) is 4.91 Å². The Morgan fingerprint density at radius 3 is 2.17 bits per heavy atom. The van der Waals surface area contributed by atoms with E-state index in [1.54, 1.807) is 0 Å². The molecule has 1 heterocycles. The van der Waals surface area contributed by atoms with Gasteiger partial charge in [0.15, 0.2) is 0 Å². The molecule has 0 unspecified atom stereocenters. The lowest BCUT2D eigenvalue weighted by molar-refractivity contribution is 0.264. The summed E-state index contributed by atoms with van der Waals surface area (Å²) in [7, 11) is 0. The Labute approximate surface area is 38.3 Å². The summed E-state index contributed by atoms with van der Waals surface area (Å²) in [5, 5.41) is 0.0926. The fourth-order valence-electron chi connectivity index (χ4n) is 0.0901. The molecule has 0 fully saturated rings. The van der Waals surface area contributed by atoms with Crippen LogP contribution in [0.25, 0.3) is 0 Å². The van der Waals surface area contributed by atoms with E-state index >= 15 is 0 Å². The normalized spacial score (nSPS) is 9.33. The summed E-state index contributed by atoms with van der Waals surface area (Å²) < 4.78 is 8.07. The molecule has 0 amide bonds. The molecule has 0 aromatic carbocycles. The van der Waals surface area contributed by atoms with Crippen molar-refractivity contribution in [2.45, 2.75) is 0 Å². The SMILES string of the molecule is NC(=S)n1oo1. The van der Waals surface area contributed by atoms with Crippen LogP contribution in [0.4, 0.5) is 0 Å². The minimum Gasteiger partial charge on any atom is -0.370 e. The molecule has 5 heteroatoms. The first-order valence-electron chi connectivity index (χ1n) is 1.25. The van der Waals surface area contributed by atoms with Gasteiger partial charge in [-0.25, -0.2) is 0 Å². The summed E-state index contributed by atoms with van der Waals surface area (Å²) in [5.41, 5.74) is 4.91. The van der Waals surface area contributed by atoms with E-state index in [1.807, 2.05) is 0 Å². The molecule has 0 saturated carbocycles. The fourth-order valence-corrected chi connectivity index (χ4v) is 0.151. The van der Waals surface area contributed by atoms with Gasteiger partial charge in [0.2, 0.25) is 0 Å². The zero-order valence-electron chi connectivity index (χ0n) is 2.75. The first kappa shape index (κ1) is 3.48. The first-order chi connectivity index (χ1) is 2.80. The molecule has 1 rings (SSSR count). The van der Waals surface area contributed by atoms with Crippen molar-refractivity contribution in [1.82, 2.24) is 4.91 Å². The van der Waals surface area contributed by atoms with Crippen LogP contribution in [-0.4, -0.2) is 10.0 Å². The number of hydrogen-bond donors (Lipinski definition) is 1. The second-order valence-corrected chi connectivity index (χ2v) is 1.16. The van der Waals surface area contributed by atoms with Gasteiger partial charge in [0.1, 0.15) is 0 Å². The van der Waals surface area contributed by atoms with Crippen molar-refractivity contribution in [1.29, 1.82) is 0 Å². The number of hydrogen-bond acceptors (Lipinski definition) is 3. The van der Waals surface area contributed by atoms with E-state index in [-0.39, 0.29) is 5.11 Å². The summed E-state index contributed by atoms with van der Waals surface area (Å²) in [4.78, 5) is 0.926. The number of nitrogens with zero attached hydrogens (tertiary/aromatic N) is 1. The third-order valence-electron chi connectivity index (χ3n) is 0.329. The van der Waals surface area contributed by atoms with Crippen molar-refractivity contribution in [3.8, 4) is 0 Å². The highest BCUT2D eigenvalue weighted by Crippen LogP contribution is 1.87. The average molecular weight is 106 g/mol. The van der Waals surface area contributed by atoms with Gasteiger partial charge < -0.3 is 5.73 Å². The van der Waals surface area contributed by atoms with Gasteiger partial charge >= 0.3 is 0 Å². The fraction of sp³-hybridized carbons (Fsp3) is 0. The predicted octanol–water partition coefficient (Wildman–Crippen LogP) is -0.234. The van der Waals surface area contributed by atoms with Crippen LogP contribution in [0.2, 0.25) is 0 Å². The van der Waals surface area contributed by atoms with Gasteiger partial charge in [-0.1, -0.05) is 0 Å². The Kier molecular flexibility index (Phi) is 0.507. The topological polar surface area (TPSA) is 57.2 Å². The Morgan fingerprint density at radius 1 is 1.67 bits per heavy atom. The average Bonchev–Trinajstić information content (AvgIpc) is 2.06. The molecular weight excluding hydrogens is 104 g/mol. The van der Waals surface area contributed by atoms with Crippen LogP contribution in [0.1, 0.15) is 0 Å². The van der Waals surface area contributed by atoms with Crippen molar-refractivity contribution in [2.24, 2.45) is 5.73 Å². The van der Waals surface area contributed by atoms with Crippen molar-refractivity contribution >= 4 is 17.3 Å². The van der Waals surface area contributed by atoms with Crippen molar-refractivity contribution in [3.05, 3.63) is 0 Å². The van der Waals surface area contributed by atoms with Crippen LogP contribution in [0.3, 0.4) is 0 Å². The summed E-state index contributed by atoms with van der Waals surface area (Å²) in [6.07, 6.45) is 0. The lowest BCUT2D eigenvalue weighted by Gasteiger charge is -1.67. The number of thiocarbonyl (C=S) groups is 1. The monoisotopic (exact) mass is 106 g/mol. The molecule has 0 aliphatic rings. The highest BCUT2D eigenvalue weighted by molar-refractivity contribution is 7.80. The van der Waals surface area contributed by atoms with Gasteiger partial charge in [0.05, 0.1) is 4.91 Å². The maximum Gasteiger partial charge on any atom is 0.252 e. The number of rotatable bonds is 0. The smallest absolute Gasteiger partial charge is 0.252 e. The molecule has 1 aromatic rings. The third kappa shape index (κ3) is 0.436. The molecule has 0 bridgehead atoms. The standard InChI is InChI=1S/CH2N2O2S/c2-1(6)3-4-5-3/h(H2,2,6). The Hall–Kier alpha value is -0.710. The maximum absolute atomic E-state index is 4.91. The third-order valence-corrected chi connectivity index (χ3v) is 0.478. The van der Waals surface area contributed by atoms with Crippen LogP contribution in [-0.2, 0) is 0 Å². The lowest BCUT2D eigenvalue weighted by atomic mass is 11.2. The number of nitrogens with two attached hydrogens (primary N) is 1. The van der Waals surface area contributed by atoms with E-state index in [1.165, 1.54) is 0 Å². The molecule has 34 valence electrons. The van der Waals surface area contributed by atoms with Crippen LogP contribution in [0.5, 0.6) is 0 Å². The maximum atomic E-state index is 4.91. The molecule has 0 aliphatic carbocycles. The van der Waals surface area contributed by atoms with Gasteiger partial charge in [-0.3, -0.25) is 0 Å². The molecule has 1 aromatic heterocycles. The minimum absolute atomic E-state index is 0.0926. The Bertz CT molecular complexity index is 129. The van der Waals surface area contributed by atoms with E-state index in [0.29, 0.717) is 0 Å². The molecule has 0 radical (unpaired) electrons. The van der Waals surface area contributed by atoms with Crippen molar-refractivity contribution in [3.63, 3.8) is 0 Å². The largest absolute Gasteiger partial charge is 0.370 e. The molecule has 4 nitrogen and oxygen atoms in total. The van der Waals surface area contributed by atoms with Crippen molar-refractivity contribution < 1.29 is 9.36 Å². The van der Waals surface area contributed by atoms with Gasteiger partial charge in [-0.2, -0.15) is 0 Å². The van der Waals surface area contributed by atoms with Gasteiger partial charge in [0.25, 0.3) is 5.11 Å². The molecular formula is CH2N2O2S. The van der Waals surface area contributed by atoms with E-state index < -0.39 is 0 Å². The highest BCUT2D eigenvalue weighted by atomic mass is 32.1. The molecule has 2 N–H and O–H groups in total. The van der Waals surface area contributed by atoms with Crippen LogP contribution in [0, 0.1) is 0 Å². The summed E-state index contributed by atoms with van der Waals surface area (Å²) in [6.45, 7) is 0. The molecule has 6 heavy (non-hydrogen) atoms. The van der Waals surface area contributed by atoms with Crippen LogP contribution in [0.15, 0.2) is 9.36 Å². The Morgan fingerprint density at radius 2 is 2.17 bits per heavy atom. The quantitative estimate of drug-likeness (QED) is 0.366. The van der Waals surface area contributed by atoms with Crippen LogP contribution < -0.4 is 5.73 Å². The second kappa shape index (κ2) is 0.874. The summed E-state index contributed by atoms with van der Waals surface area (Å²) in [6, 6.07) is 0. The van der Waals surface area contributed by atoms with Crippen molar-refractivity contribution in [2.75, 3.05) is 0 Å². The molecule has 0 saturated heterocycles. The zero-order valence-corrected chi connectivity index (χ0v) is 3.57. The molecule has 0 spiro atoms. The second-order valence-electron chi connectivity index (χ2n) is 0.744.